The molecule has 0 aliphatic carbocycles. The minimum absolute atomic E-state index is 0.253. The molecule has 8 heteroatoms. The van der Waals surface area contributed by atoms with Gasteiger partial charge in [-0.05, 0) is 48.9 Å². The first-order chi connectivity index (χ1) is 18.0. The van der Waals surface area contributed by atoms with Crippen LogP contribution in [0.5, 0.6) is 0 Å². The van der Waals surface area contributed by atoms with Crippen LogP contribution in [0.25, 0.3) is 27.8 Å². The first-order valence-electron chi connectivity index (χ1n) is 13.1. The van der Waals surface area contributed by atoms with Gasteiger partial charge in [-0.2, -0.15) is 19.6 Å². The zero-order valence-electron chi connectivity index (χ0n) is 21.7. The summed E-state index contributed by atoms with van der Waals surface area (Å²) in [5, 5.41) is 9.49. The van der Waals surface area contributed by atoms with Crippen molar-refractivity contribution < 1.29 is 0 Å². The lowest BCUT2D eigenvalue weighted by Gasteiger charge is -2.30. The first-order valence-corrected chi connectivity index (χ1v) is 13.1. The largest absolute Gasteiger partial charge is 0.355 e. The number of benzene rings is 2. The second-order valence-electron chi connectivity index (χ2n) is 10.4. The van der Waals surface area contributed by atoms with Crippen molar-refractivity contribution in [2.75, 3.05) is 23.3 Å². The second kappa shape index (κ2) is 9.52. The zero-order valence-corrected chi connectivity index (χ0v) is 21.7. The van der Waals surface area contributed by atoms with Gasteiger partial charge in [0.1, 0.15) is 0 Å². The third-order valence-electron chi connectivity index (χ3n) is 7.48. The number of nitrogens with one attached hydrogen (secondary N) is 2. The van der Waals surface area contributed by atoms with Gasteiger partial charge in [0, 0.05) is 53.4 Å². The van der Waals surface area contributed by atoms with E-state index in [0.29, 0.717) is 18.4 Å². The number of anilines is 2. The number of para-hydroxylation sites is 1. The third kappa shape index (κ3) is 4.42. The van der Waals surface area contributed by atoms with Crippen molar-refractivity contribution in [3.05, 3.63) is 71.4 Å². The molecular formula is C29H34N8. The van der Waals surface area contributed by atoms with Gasteiger partial charge in [-0.1, -0.05) is 50.2 Å². The molecule has 4 heterocycles. The van der Waals surface area contributed by atoms with Crippen LogP contribution in [0, 0.1) is 6.92 Å². The average molecular weight is 495 g/mol. The summed E-state index contributed by atoms with van der Waals surface area (Å²) in [6, 6.07) is 17.3. The Labute approximate surface area is 216 Å². The van der Waals surface area contributed by atoms with Gasteiger partial charge in [-0.25, -0.2) is 0 Å². The fraction of sp³-hybridized carbons (Fsp3) is 0.345. The smallest absolute Gasteiger partial charge is 0.230 e. The molecule has 0 bridgehead atoms. The predicted molar refractivity (Wildman–Crippen MR) is 150 cm³/mol. The molecule has 5 aromatic rings. The van der Waals surface area contributed by atoms with Crippen molar-refractivity contribution in [1.82, 2.24) is 24.6 Å². The number of aromatic amines is 1. The Morgan fingerprint density at radius 1 is 1.08 bits per heavy atom. The molecule has 1 fully saturated rings. The van der Waals surface area contributed by atoms with E-state index in [4.69, 9.17) is 15.7 Å². The number of nitrogens with two attached hydrogens (primary N) is 1. The molecule has 1 aliphatic rings. The average Bonchev–Trinajstić information content (AvgIpc) is 3.53. The third-order valence-corrected chi connectivity index (χ3v) is 7.48. The first kappa shape index (κ1) is 23.5. The molecular weight excluding hydrogens is 460 g/mol. The lowest BCUT2D eigenvalue weighted by atomic mass is 9.99. The number of hydrogen-bond donors (Lipinski definition) is 3. The second-order valence-corrected chi connectivity index (χ2v) is 10.4. The highest BCUT2D eigenvalue weighted by Crippen LogP contribution is 2.30. The number of H-pyrrole nitrogens is 1. The van der Waals surface area contributed by atoms with Crippen molar-refractivity contribution in [1.29, 1.82) is 0 Å². The lowest BCUT2D eigenvalue weighted by Crippen LogP contribution is -2.40. The molecule has 1 aliphatic heterocycles. The zero-order chi connectivity index (χ0) is 25.5. The molecule has 8 nitrogen and oxygen atoms in total. The Hall–Kier alpha value is -3.91. The van der Waals surface area contributed by atoms with Gasteiger partial charge in [0.25, 0.3) is 0 Å². The van der Waals surface area contributed by atoms with Gasteiger partial charge < -0.3 is 20.9 Å². The summed E-state index contributed by atoms with van der Waals surface area (Å²) < 4.78 is 1.84. The van der Waals surface area contributed by atoms with Gasteiger partial charge in [0.05, 0.1) is 6.20 Å². The fourth-order valence-corrected chi connectivity index (χ4v) is 5.22. The summed E-state index contributed by atoms with van der Waals surface area (Å²) in [5.41, 5.74) is 14.0. The van der Waals surface area contributed by atoms with Crippen LogP contribution in [-0.4, -0.2) is 43.7 Å². The molecule has 0 spiro atoms. The van der Waals surface area contributed by atoms with Crippen molar-refractivity contribution in [3.8, 4) is 11.3 Å². The molecule has 0 unspecified atom stereocenters. The molecule has 6 rings (SSSR count). The van der Waals surface area contributed by atoms with Crippen molar-refractivity contribution in [2.45, 2.75) is 52.1 Å². The Balaban J connectivity index is 1.37. The Morgan fingerprint density at radius 2 is 1.89 bits per heavy atom. The molecule has 4 N–H and O–H groups in total. The molecule has 190 valence electrons. The molecule has 0 radical (unpaired) electrons. The maximum atomic E-state index is 6.16. The number of piperidine rings is 1. The topological polar surface area (TPSA) is 100 Å². The lowest BCUT2D eigenvalue weighted by molar-refractivity contribution is 0.495. The maximum Gasteiger partial charge on any atom is 0.230 e. The quantitative estimate of drug-likeness (QED) is 0.298. The number of aryl methyl sites for hydroxylation is 1. The van der Waals surface area contributed by atoms with E-state index in [1.165, 1.54) is 22.1 Å². The van der Waals surface area contributed by atoms with Crippen molar-refractivity contribution >= 4 is 28.4 Å². The van der Waals surface area contributed by atoms with E-state index in [0.717, 1.165) is 54.3 Å². The maximum absolute atomic E-state index is 6.16. The molecule has 0 amide bonds. The van der Waals surface area contributed by atoms with Gasteiger partial charge in [0.2, 0.25) is 11.9 Å². The van der Waals surface area contributed by atoms with E-state index in [1.54, 1.807) is 0 Å². The highest BCUT2D eigenvalue weighted by atomic mass is 15.4. The monoisotopic (exact) mass is 494 g/mol. The van der Waals surface area contributed by atoms with Crippen molar-refractivity contribution in [2.24, 2.45) is 5.73 Å². The number of aromatic nitrogens is 5. The Kier molecular flexibility index (Phi) is 6.04. The Bertz CT molecular complexity index is 1520. The van der Waals surface area contributed by atoms with E-state index in [-0.39, 0.29) is 6.04 Å². The summed E-state index contributed by atoms with van der Waals surface area (Å²) in [6.07, 6.45) is 3.81. The molecule has 0 saturated carbocycles. The summed E-state index contributed by atoms with van der Waals surface area (Å²) >= 11 is 0. The minimum Gasteiger partial charge on any atom is -0.355 e. The van der Waals surface area contributed by atoms with Crippen LogP contribution < -0.4 is 16.0 Å². The summed E-state index contributed by atoms with van der Waals surface area (Å²) in [4.78, 5) is 15.8. The fourth-order valence-electron chi connectivity index (χ4n) is 5.22. The minimum atomic E-state index is 0.253. The van der Waals surface area contributed by atoms with Crippen LogP contribution in [0.3, 0.4) is 0 Å². The summed E-state index contributed by atoms with van der Waals surface area (Å²) in [7, 11) is 0. The van der Waals surface area contributed by atoms with Crippen LogP contribution in [0.15, 0.2) is 54.7 Å². The van der Waals surface area contributed by atoms with E-state index < -0.39 is 0 Å². The van der Waals surface area contributed by atoms with Crippen LogP contribution in [0.4, 0.5) is 11.9 Å². The molecule has 1 saturated heterocycles. The van der Waals surface area contributed by atoms with Gasteiger partial charge in [-0.3, -0.25) is 0 Å². The highest BCUT2D eigenvalue weighted by Gasteiger charge is 2.22. The molecule has 2 aromatic carbocycles. The van der Waals surface area contributed by atoms with Gasteiger partial charge in [0.15, 0.2) is 5.65 Å². The standard InChI is InChI=1S/C29H34N8/c1-18(2)23-17-32-37-27(23)34-29(36-13-11-21(30)12-14-36)35-28(37)31-16-24-19(3)7-6-9-22(24)26-15-20-8-4-5-10-25(20)33-26/h4-10,15,17-18,21,33H,11-14,16,30H2,1-3H3,(H,31,34,35). The van der Waals surface area contributed by atoms with Crippen LogP contribution in [0.2, 0.25) is 0 Å². The predicted octanol–water partition coefficient (Wildman–Crippen LogP) is 5.24. The number of rotatable bonds is 6. The Morgan fingerprint density at radius 3 is 2.68 bits per heavy atom. The molecule has 0 atom stereocenters. The van der Waals surface area contributed by atoms with Gasteiger partial charge >= 0.3 is 0 Å². The SMILES string of the molecule is Cc1cccc(-c2cc3ccccc3[nH]2)c1CNc1nc(N2CCC(N)CC2)nc2c(C(C)C)cnn12. The van der Waals surface area contributed by atoms with E-state index in [1.807, 2.05) is 10.7 Å². The van der Waals surface area contributed by atoms with E-state index in [9.17, 15) is 0 Å². The van der Waals surface area contributed by atoms with Crippen LogP contribution in [-0.2, 0) is 6.54 Å². The van der Waals surface area contributed by atoms with Crippen molar-refractivity contribution in [3.63, 3.8) is 0 Å². The van der Waals surface area contributed by atoms with Crippen LogP contribution in [0.1, 0.15) is 49.3 Å². The number of nitrogens with zero attached hydrogens (tertiary/aromatic N) is 5. The van der Waals surface area contributed by atoms with Gasteiger partial charge in [-0.15, -0.1) is 0 Å². The van der Waals surface area contributed by atoms with E-state index >= 15 is 0 Å². The highest BCUT2D eigenvalue weighted by molar-refractivity contribution is 5.86. The molecule has 3 aromatic heterocycles. The summed E-state index contributed by atoms with van der Waals surface area (Å²) in [5.74, 6) is 1.76. The number of fused-ring (bicyclic) bond motifs is 2. The normalized spacial score (nSPS) is 14.8. The molecule has 37 heavy (non-hydrogen) atoms. The number of hydrogen-bond acceptors (Lipinski definition) is 6. The van der Waals surface area contributed by atoms with Crippen LogP contribution >= 0.6 is 0 Å². The van der Waals surface area contributed by atoms with E-state index in [2.05, 4.69) is 89.6 Å². The summed E-state index contributed by atoms with van der Waals surface area (Å²) in [6.45, 7) is 8.85.